The summed E-state index contributed by atoms with van der Waals surface area (Å²) in [6.45, 7) is 17.9. The lowest BCUT2D eigenvalue weighted by Crippen LogP contribution is -2.43. The van der Waals surface area contributed by atoms with Crippen LogP contribution in [-0.2, 0) is 28.8 Å². The van der Waals surface area contributed by atoms with Crippen molar-refractivity contribution in [1.82, 2.24) is 37.1 Å². The molecule has 3 unspecified atom stereocenters. The lowest BCUT2D eigenvalue weighted by atomic mass is 10.0. The van der Waals surface area contributed by atoms with Crippen molar-refractivity contribution in [2.24, 2.45) is 0 Å². The standard InChI is InChI=1S/C24H43NO5.C17H36N4O.C8H17BN2O2.C3H5BO.CH4/c1-2-3-18-21(24(29)30)25-22(26)19-16-14-12-10-8-6-4-5-7-9-11-13-15-17-20-23(27)28;1-5-15(18-3)11-7-10-14-21-17(22)16(19-4)12-8-9-13-20-6-2;1-2-10-6-4-3-5-7(11-9)8(12)13;1-2-3(4)5;/h2,21H,1,3-20H2,(H,25,26)(H,27,28)(H,29,30);5,15-16,18-20H,1,6-14H2,2-4H3,(H,21,22);7,10-11H,2-6H2,1H3,(H,12,13);2H2,1H3;1H4/t;15?,16-;;;/m.0.../s1. The molecule has 0 saturated heterocycles. The Labute approximate surface area is 435 Å². The number of aliphatic carboxylic acids is 3. The Bertz CT molecular complexity index is 1290. The first kappa shape index (κ1) is 76.3. The summed E-state index contributed by atoms with van der Waals surface area (Å²) in [4.78, 5) is 65.5. The molecule has 0 aromatic rings. The van der Waals surface area contributed by atoms with Crippen LogP contribution in [0.1, 0.15) is 208 Å². The van der Waals surface area contributed by atoms with E-state index in [1.165, 1.54) is 51.4 Å². The van der Waals surface area contributed by atoms with Gasteiger partial charge in [0.2, 0.25) is 11.8 Å². The van der Waals surface area contributed by atoms with E-state index in [1.807, 2.05) is 27.1 Å². The summed E-state index contributed by atoms with van der Waals surface area (Å²) in [7, 11) is 13.5. The van der Waals surface area contributed by atoms with Crippen molar-refractivity contribution in [1.29, 1.82) is 0 Å². The summed E-state index contributed by atoms with van der Waals surface area (Å²) in [6.07, 6.45) is 30.3. The van der Waals surface area contributed by atoms with Crippen LogP contribution in [-0.4, -0.2) is 138 Å². The number of amides is 2. The molecule has 0 spiro atoms. The van der Waals surface area contributed by atoms with Gasteiger partial charge in [0.15, 0.2) is 15.8 Å². The van der Waals surface area contributed by atoms with E-state index in [1.54, 1.807) is 13.0 Å². The smallest absolute Gasteiger partial charge is 0.326 e. The van der Waals surface area contributed by atoms with Crippen molar-refractivity contribution in [3.63, 3.8) is 0 Å². The molecular formula is C53H105B2N7O9. The number of likely N-dealkylation sites (N-methyl/N-ethyl adjacent to an activating group) is 2. The second kappa shape index (κ2) is 60.7. The zero-order valence-corrected chi connectivity index (χ0v) is 44.7. The van der Waals surface area contributed by atoms with Crippen molar-refractivity contribution in [2.75, 3.05) is 46.8 Å². The lowest BCUT2D eigenvalue weighted by Gasteiger charge is -2.16. The molecule has 4 radical (unpaired) electrons. The van der Waals surface area contributed by atoms with E-state index in [0.29, 0.717) is 44.6 Å². The molecule has 0 aromatic heterocycles. The van der Waals surface area contributed by atoms with Crippen molar-refractivity contribution in [2.45, 2.75) is 232 Å². The highest BCUT2D eigenvalue weighted by molar-refractivity contribution is 6.57. The molecular weight excluding hydrogens is 900 g/mol. The van der Waals surface area contributed by atoms with Gasteiger partial charge < -0.3 is 57.2 Å². The number of carboxylic acid groups (broad SMARTS) is 3. The molecule has 0 aliphatic rings. The van der Waals surface area contributed by atoms with E-state index in [4.69, 9.17) is 23.3 Å². The van der Waals surface area contributed by atoms with E-state index < -0.39 is 30.0 Å². The van der Waals surface area contributed by atoms with Gasteiger partial charge in [-0.05, 0) is 117 Å². The van der Waals surface area contributed by atoms with Crippen LogP contribution >= 0.6 is 0 Å². The van der Waals surface area contributed by atoms with Gasteiger partial charge in [0.25, 0.3) is 0 Å². The summed E-state index contributed by atoms with van der Waals surface area (Å²) in [5, 5.41) is 47.0. The summed E-state index contributed by atoms with van der Waals surface area (Å²) >= 11 is 0. The van der Waals surface area contributed by atoms with Gasteiger partial charge in [-0.15, -0.1) is 13.2 Å². The van der Waals surface area contributed by atoms with Gasteiger partial charge in [0.05, 0.1) is 17.8 Å². The minimum atomic E-state index is -0.985. The van der Waals surface area contributed by atoms with Gasteiger partial charge in [-0.1, -0.05) is 130 Å². The van der Waals surface area contributed by atoms with Crippen molar-refractivity contribution < 1.29 is 44.1 Å². The van der Waals surface area contributed by atoms with Crippen molar-refractivity contribution in [3.8, 4) is 0 Å². The summed E-state index contributed by atoms with van der Waals surface area (Å²) in [5.41, 5.74) is -0.245. The highest BCUT2D eigenvalue weighted by atomic mass is 16.4. The number of rotatable bonds is 46. The van der Waals surface area contributed by atoms with Gasteiger partial charge >= 0.3 is 17.9 Å². The van der Waals surface area contributed by atoms with Crippen molar-refractivity contribution in [3.05, 3.63) is 25.3 Å². The van der Waals surface area contributed by atoms with E-state index in [9.17, 15) is 28.8 Å². The van der Waals surface area contributed by atoms with Gasteiger partial charge in [-0.25, -0.2) is 4.79 Å². The van der Waals surface area contributed by atoms with E-state index in [0.717, 1.165) is 123 Å². The van der Waals surface area contributed by atoms with Crippen molar-refractivity contribution >= 4 is 51.2 Å². The zero-order chi connectivity index (χ0) is 53.5. The van der Waals surface area contributed by atoms with Crippen LogP contribution in [0.4, 0.5) is 0 Å². The molecule has 2 amide bonds. The molecule has 4 atom stereocenters. The SMILES string of the molecule is C.C=CC(CCCCNC(=O)[C@H](CCCCNCC)NC)NC.C=CCCC(NC(=O)CCCCCCCCCCCCCCCCC(=O)O)C(=O)O.[B]C(=O)CC.[B]NC(CCCCNCC)C(=O)O. The number of carbonyl (C=O) groups excluding carboxylic acids is 3. The highest BCUT2D eigenvalue weighted by Crippen LogP contribution is 2.14. The number of hydrogen-bond acceptors (Lipinski definition) is 11. The molecule has 71 heavy (non-hydrogen) atoms. The molecule has 0 bridgehead atoms. The fraction of sp³-hybridized carbons (Fsp3) is 0.811. The van der Waals surface area contributed by atoms with Crippen LogP contribution < -0.4 is 37.1 Å². The molecule has 0 saturated carbocycles. The second-order valence-electron chi connectivity index (χ2n) is 17.5. The molecule has 412 valence electrons. The molecule has 0 aromatic carbocycles. The third kappa shape index (κ3) is 60.7. The maximum Gasteiger partial charge on any atom is 0.326 e. The Kier molecular flexibility index (Phi) is 65.3. The van der Waals surface area contributed by atoms with Crippen LogP contribution in [0.25, 0.3) is 0 Å². The first-order chi connectivity index (χ1) is 33.6. The van der Waals surface area contributed by atoms with Crippen LogP contribution in [0.3, 0.4) is 0 Å². The largest absolute Gasteiger partial charge is 0.481 e. The maximum atomic E-state index is 12.1. The number of carbonyl (C=O) groups is 6. The monoisotopic (exact) mass is 1010 g/mol. The topological polar surface area (TPSA) is 247 Å². The molecule has 0 aliphatic heterocycles. The summed E-state index contributed by atoms with van der Waals surface area (Å²) in [5.74, 6) is -2.61. The molecule has 16 nitrogen and oxygen atoms in total. The van der Waals surface area contributed by atoms with Crippen LogP contribution in [0.2, 0.25) is 0 Å². The average molecular weight is 1010 g/mol. The Balaban J connectivity index is -0.000000309. The predicted molar refractivity (Wildman–Crippen MR) is 296 cm³/mol. The minimum absolute atomic E-state index is 0. The first-order valence-electron chi connectivity index (χ1n) is 26.6. The normalized spacial score (nSPS) is 12.0. The molecule has 0 heterocycles. The molecule has 0 fully saturated rings. The number of hydrogen-bond donors (Lipinski definition) is 10. The van der Waals surface area contributed by atoms with E-state index in [2.05, 4.69) is 65.1 Å². The third-order valence-electron chi connectivity index (χ3n) is 11.4. The van der Waals surface area contributed by atoms with E-state index >= 15 is 0 Å². The average Bonchev–Trinajstić information content (AvgIpc) is 3.33. The molecule has 10 N–H and O–H groups in total. The minimum Gasteiger partial charge on any atom is -0.481 e. The maximum absolute atomic E-state index is 12.1. The predicted octanol–water partition coefficient (Wildman–Crippen LogP) is 7.88. The Morgan fingerprint density at radius 3 is 1.34 bits per heavy atom. The number of carboxylic acids is 3. The van der Waals surface area contributed by atoms with E-state index in [-0.39, 0.29) is 31.0 Å². The fourth-order valence-electron chi connectivity index (χ4n) is 6.93. The van der Waals surface area contributed by atoms with Gasteiger partial charge in [0, 0.05) is 25.4 Å². The Hall–Kier alpha value is -3.57. The van der Waals surface area contributed by atoms with Gasteiger partial charge in [-0.3, -0.25) is 19.2 Å². The summed E-state index contributed by atoms with van der Waals surface area (Å²) < 4.78 is 0. The van der Waals surface area contributed by atoms with Gasteiger partial charge in [0.1, 0.15) is 6.04 Å². The number of unbranched alkanes of at least 4 members (excludes halogenated alkanes) is 16. The van der Waals surface area contributed by atoms with Gasteiger partial charge in [-0.2, -0.15) is 0 Å². The first-order valence-corrected chi connectivity index (χ1v) is 26.6. The highest BCUT2D eigenvalue weighted by Gasteiger charge is 2.19. The molecule has 18 heteroatoms. The zero-order valence-electron chi connectivity index (χ0n) is 44.7. The number of allylic oxidation sites excluding steroid dienone is 1. The van der Waals surface area contributed by atoms with Crippen LogP contribution in [0, 0.1) is 0 Å². The fourth-order valence-corrected chi connectivity index (χ4v) is 6.93. The van der Waals surface area contributed by atoms with Crippen LogP contribution in [0.15, 0.2) is 25.3 Å². The lowest BCUT2D eigenvalue weighted by molar-refractivity contribution is -0.142. The third-order valence-corrected chi connectivity index (χ3v) is 11.4. The Morgan fingerprint density at radius 1 is 0.549 bits per heavy atom. The quantitative estimate of drug-likeness (QED) is 0.0158. The van der Waals surface area contributed by atoms with Crippen LogP contribution in [0.5, 0.6) is 0 Å². The molecule has 0 rings (SSSR count). The Morgan fingerprint density at radius 2 is 0.972 bits per heavy atom. The number of nitrogens with one attached hydrogen (secondary N) is 7. The second-order valence-corrected chi connectivity index (χ2v) is 17.5. The summed E-state index contributed by atoms with van der Waals surface area (Å²) in [6, 6.07) is -1.12. The molecule has 0 aliphatic carbocycles.